The first-order valence-electron chi connectivity index (χ1n) is 17.6. The topological polar surface area (TPSA) is 133 Å². The van der Waals surface area contributed by atoms with Crippen LogP contribution >= 0.6 is 0 Å². The number of hydrogen-bond donors (Lipinski definition) is 1. The second-order valence-electron chi connectivity index (χ2n) is 14.7. The van der Waals surface area contributed by atoms with E-state index in [-0.39, 0.29) is 24.1 Å². The van der Waals surface area contributed by atoms with Crippen LogP contribution in [0.5, 0.6) is 0 Å². The molecule has 0 radical (unpaired) electrons. The molecule has 3 fully saturated rings. The van der Waals surface area contributed by atoms with Crippen molar-refractivity contribution in [1.29, 1.82) is 0 Å². The molecule has 1 atom stereocenters. The molecule has 7 rings (SSSR count). The van der Waals surface area contributed by atoms with E-state index < -0.39 is 26.3 Å². The van der Waals surface area contributed by atoms with Crippen molar-refractivity contribution >= 4 is 44.2 Å². The van der Waals surface area contributed by atoms with Crippen LogP contribution in [0.2, 0.25) is 0 Å². The number of nitrogens with one attached hydrogen (secondary N) is 1. The number of fused-ring (bicyclic) bond motifs is 3. The number of hydrogen-bond acceptors (Lipinski definition) is 10. The fourth-order valence-electron chi connectivity index (χ4n) is 7.79. The molecule has 50 heavy (non-hydrogen) atoms. The highest BCUT2D eigenvalue weighted by Crippen LogP contribution is 2.42. The van der Waals surface area contributed by atoms with Gasteiger partial charge >= 0.3 is 5.63 Å². The number of benzene rings is 2. The molecule has 1 N–H and O–H groups in total. The lowest BCUT2D eigenvalue weighted by Crippen LogP contribution is -2.53. The number of nitrogens with zero attached hydrogens (tertiary/aromatic N) is 4. The summed E-state index contributed by atoms with van der Waals surface area (Å²) in [7, 11) is 0.0105. The summed E-state index contributed by atoms with van der Waals surface area (Å²) in [6.07, 6.45) is 3.41. The number of amides is 2. The number of carbonyl (C=O) groups excluding carboxylic acids is 2. The van der Waals surface area contributed by atoms with Gasteiger partial charge in [-0.2, -0.15) is 0 Å². The van der Waals surface area contributed by atoms with E-state index in [1.807, 2.05) is 11.8 Å². The second kappa shape index (κ2) is 13.0. The van der Waals surface area contributed by atoms with Crippen molar-refractivity contribution in [2.45, 2.75) is 70.2 Å². The molecule has 3 aromatic rings. The largest absolute Gasteiger partial charge is 0.422 e. The van der Waals surface area contributed by atoms with Crippen LogP contribution in [0.1, 0.15) is 75.6 Å². The highest BCUT2D eigenvalue weighted by atomic mass is 32.2. The van der Waals surface area contributed by atoms with Gasteiger partial charge in [-0.05, 0) is 95.3 Å². The van der Waals surface area contributed by atoms with Crippen molar-refractivity contribution in [3.8, 4) is 0 Å². The quantitative estimate of drug-likeness (QED) is 0.347. The van der Waals surface area contributed by atoms with Crippen LogP contribution in [0, 0.1) is 13.8 Å². The monoisotopic (exact) mass is 705 g/mol. The molecule has 1 aliphatic carbocycles. The van der Waals surface area contributed by atoms with Crippen molar-refractivity contribution in [2.24, 2.45) is 0 Å². The van der Waals surface area contributed by atoms with Crippen LogP contribution < -0.4 is 20.1 Å². The maximum atomic E-state index is 14.0. The van der Waals surface area contributed by atoms with E-state index in [9.17, 15) is 22.8 Å². The Hall–Kier alpha value is -3.94. The number of piperazine rings is 1. The molecule has 2 aromatic carbocycles. The molecule has 0 unspecified atom stereocenters. The van der Waals surface area contributed by atoms with Gasteiger partial charge < -0.3 is 23.9 Å². The molecule has 3 aliphatic heterocycles. The molecule has 0 spiro atoms. The minimum atomic E-state index is -3.83. The zero-order valence-corrected chi connectivity index (χ0v) is 30.5. The molecule has 4 aliphatic rings. The van der Waals surface area contributed by atoms with Crippen molar-refractivity contribution in [3.63, 3.8) is 0 Å². The smallest absolute Gasteiger partial charge is 0.341 e. The molecule has 1 saturated carbocycles. The third-order valence-corrected chi connectivity index (χ3v) is 13.5. The third kappa shape index (κ3) is 6.06. The summed E-state index contributed by atoms with van der Waals surface area (Å²) in [4.78, 5) is 49.3. The maximum absolute atomic E-state index is 14.0. The zero-order chi connectivity index (χ0) is 35.5. The van der Waals surface area contributed by atoms with Crippen LogP contribution in [-0.2, 0) is 27.7 Å². The molecule has 0 bridgehead atoms. The Bertz CT molecular complexity index is 2030. The minimum Gasteiger partial charge on any atom is -0.422 e. The van der Waals surface area contributed by atoms with E-state index >= 15 is 0 Å². The standard InChI is InChI=1S/C37H47N5O7S/c1-23-18-30(41-17-16-39(4)26(20-41)22-48-5)24(2)33-32(23)27-10-15-42(21-29(27)36(45)49-33)35(44)25-8-9-28(31(19-25)40-13-6-7-14-40)34(43)38-50(46,47)37(3)11-12-37/h8-9,18-19,26H,6-7,10-17,20-22H2,1-5H3,(H,38,43)/t26-/m1/s1. The number of carbonyl (C=O) groups is 2. The van der Waals surface area contributed by atoms with Gasteiger partial charge in [0.15, 0.2) is 0 Å². The van der Waals surface area contributed by atoms with Gasteiger partial charge in [0, 0.05) is 68.6 Å². The average Bonchev–Trinajstić information content (AvgIpc) is 3.63. The van der Waals surface area contributed by atoms with Gasteiger partial charge in [-0.15, -0.1) is 0 Å². The Morgan fingerprint density at radius 2 is 1.74 bits per heavy atom. The first-order chi connectivity index (χ1) is 23.8. The highest BCUT2D eigenvalue weighted by molar-refractivity contribution is 7.91. The summed E-state index contributed by atoms with van der Waals surface area (Å²) >= 11 is 0. The van der Waals surface area contributed by atoms with Crippen LogP contribution in [-0.4, -0.2) is 101 Å². The Morgan fingerprint density at radius 3 is 2.44 bits per heavy atom. The fraction of sp³-hybridized carbons (Fsp3) is 0.541. The molecule has 13 heteroatoms. The summed E-state index contributed by atoms with van der Waals surface area (Å²) in [6.45, 7) is 10.9. The number of aryl methyl sites for hydroxylation is 2. The van der Waals surface area contributed by atoms with E-state index in [1.54, 1.807) is 37.1 Å². The first kappa shape index (κ1) is 34.5. The molecule has 268 valence electrons. The van der Waals surface area contributed by atoms with E-state index in [1.165, 1.54) is 0 Å². The normalized spacial score (nSPS) is 20.7. The summed E-state index contributed by atoms with van der Waals surface area (Å²) in [5.74, 6) is -0.948. The summed E-state index contributed by atoms with van der Waals surface area (Å²) < 4.78 is 38.6. The number of anilines is 2. The van der Waals surface area contributed by atoms with Crippen LogP contribution in [0.15, 0.2) is 33.5 Å². The van der Waals surface area contributed by atoms with E-state index in [2.05, 4.69) is 34.6 Å². The van der Waals surface area contributed by atoms with E-state index in [0.717, 1.165) is 60.2 Å². The number of methoxy groups -OCH3 is 1. The molecule has 12 nitrogen and oxygen atoms in total. The summed E-state index contributed by atoms with van der Waals surface area (Å²) in [5, 5.41) is 0.942. The Morgan fingerprint density at radius 1 is 1.00 bits per heavy atom. The molecular formula is C37H47N5O7S. The molecule has 2 amide bonds. The van der Waals surface area contributed by atoms with Gasteiger partial charge in [-0.1, -0.05) is 0 Å². The number of likely N-dealkylation sites (N-methyl/N-ethyl adjacent to an activating group) is 1. The van der Waals surface area contributed by atoms with E-state index in [0.29, 0.717) is 67.9 Å². The lowest BCUT2D eigenvalue weighted by molar-refractivity contribution is 0.0732. The lowest BCUT2D eigenvalue weighted by atomic mass is 9.92. The van der Waals surface area contributed by atoms with Crippen molar-refractivity contribution < 1.29 is 27.2 Å². The van der Waals surface area contributed by atoms with Gasteiger partial charge in [-0.25, -0.2) is 17.9 Å². The molecule has 4 heterocycles. The zero-order valence-electron chi connectivity index (χ0n) is 29.6. The van der Waals surface area contributed by atoms with Gasteiger partial charge in [0.05, 0.1) is 40.8 Å². The van der Waals surface area contributed by atoms with Crippen molar-refractivity contribution in [2.75, 3.05) is 69.8 Å². The van der Waals surface area contributed by atoms with Gasteiger partial charge in [0.1, 0.15) is 5.58 Å². The number of ether oxygens (including phenoxy) is 1. The van der Waals surface area contributed by atoms with Gasteiger partial charge in [0.25, 0.3) is 11.8 Å². The molecular weight excluding hydrogens is 659 g/mol. The maximum Gasteiger partial charge on any atom is 0.341 e. The number of rotatable bonds is 8. The van der Waals surface area contributed by atoms with Crippen LogP contribution in [0.4, 0.5) is 11.4 Å². The summed E-state index contributed by atoms with van der Waals surface area (Å²) in [5.41, 5.74) is 5.76. The molecule has 2 saturated heterocycles. The van der Waals surface area contributed by atoms with Gasteiger partial charge in [0.2, 0.25) is 10.0 Å². The SMILES string of the molecule is COC[C@H]1CN(c2cc(C)c3c4c(c(=O)oc3c2C)CN(C(=O)c2ccc(C(=O)NS(=O)(=O)C3(C)CC3)c(N3CCCC3)c2)CC4)CCN1C. The highest BCUT2D eigenvalue weighted by Gasteiger charge is 2.51. The van der Waals surface area contributed by atoms with Crippen LogP contribution in [0.25, 0.3) is 11.0 Å². The first-order valence-corrected chi connectivity index (χ1v) is 19.1. The van der Waals surface area contributed by atoms with Crippen molar-refractivity contribution in [3.05, 3.63) is 68.1 Å². The third-order valence-electron chi connectivity index (χ3n) is 11.3. The lowest BCUT2D eigenvalue weighted by Gasteiger charge is -2.41. The summed E-state index contributed by atoms with van der Waals surface area (Å²) in [6, 6.07) is 7.26. The Labute approximate surface area is 293 Å². The Balaban J connectivity index is 1.16. The van der Waals surface area contributed by atoms with Gasteiger partial charge in [-0.3, -0.25) is 14.5 Å². The van der Waals surface area contributed by atoms with Crippen LogP contribution in [0.3, 0.4) is 0 Å². The van der Waals surface area contributed by atoms with Crippen molar-refractivity contribution in [1.82, 2.24) is 14.5 Å². The Kier molecular flexibility index (Phi) is 8.96. The molecule has 1 aromatic heterocycles. The number of sulfonamides is 1. The van der Waals surface area contributed by atoms with E-state index in [4.69, 9.17) is 9.15 Å². The predicted octanol–water partition coefficient (Wildman–Crippen LogP) is 3.59. The predicted molar refractivity (Wildman–Crippen MR) is 193 cm³/mol. The minimum absolute atomic E-state index is 0.113. The fourth-order valence-corrected chi connectivity index (χ4v) is 9.03. The second-order valence-corrected chi connectivity index (χ2v) is 16.9. The average molecular weight is 706 g/mol.